The molecule has 2 aliphatic rings. The summed E-state index contributed by atoms with van der Waals surface area (Å²) in [4.78, 5) is 90.4. The van der Waals surface area contributed by atoms with E-state index in [1.54, 1.807) is 17.0 Å². The number of hydrogen-bond acceptors (Lipinski definition) is 20. The number of aliphatic hydroxyl groups is 1. The number of fused-ring (bicyclic) bond motifs is 1. The normalized spacial score (nSPS) is 24.8. The minimum absolute atomic E-state index is 0.0108. The molecular weight excluding hydrogens is 846 g/mol. The summed E-state index contributed by atoms with van der Waals surface area (Å²) in [5.74, 6) is -1.49. The Kier molecular flexibility index (Phi) is 13.7. The van der Waals surface area contributed by atoms with Crippen LogP contribution in [0.5, 0.6) is 0 Å². The molecule has 0 aliphatic carbocycles. The van der Waals surface area contributed by atoms with E-state index in [9.17, 15) is 43.3 Å². The summed E-state index contributed by atoms with van der Waals surface area (Å²) < 4.78 is 60.2. The fourth-order valence-electron chi connectivity index (χ4n) is 6.31. The molecule has 28 heteroatoms. The van der Waals surface area contributed by atoms with Gasteiger partial charge in [0.15, 0.2) is 23.8 Å². The maximum Gasteiger partial charge on any atom is 0.472 e. The largest absolute Gasteiger partial charge is 0.472 e. The number of nitrogen functional groups attached to an aromatic ring is 2. The van der Waals surface area contributed by atoms with Gasteiger partial charge in [0.25, 0.3) is 0 Å². The van der Waals surface area contributed by atoms with Crippen molar-refractivity contribution in [1.82, 2.24) is 39.0 Å². The number of aliphatic hydroxyl groups excluding tert-OH is 1. The molecule has 5 unspecified atom stereocenters. The molecule has 0 bridgehead atoms. The number of esters is 1. The number of aromatic nitrogens is 7. The number of phosphoric acid groups is 2. The highest BCUT2D eigenvalue weighted by atomic mass is 32.1. The van der Waals surface area contributed by atoms with Crippen molar-refractivity contribution in [1.29, 1.82) is 0 Å². The highest BCUT2D eigenvalue weighted by Crippen LogP contribution is 2.50. The molecule has 59 heavy (non-hydrogen) atoms. The van der Waals surface area contributed by atoms with Gasteiger partial charge >= 0.3 is 27.3 Å². The van der Waals surface area contributed by atoms with Crippen LogP contribution in [-0.2, 0) is 52.9 Å². The number of thiazole rings is 1. The molecule has 320 valence electrons. The van der Waals surface area contributed by atoms with Crippen molar-refractivity contribution in [3.63, 3.8) is 0 Å². The van der Waals surface area contributed by atoms with Crippen molar-refractivity contribution in [2.24, 2.45) is 0 Å². The van der Waals surface area contributed by atoms with Gasteiger partial charge in [0.2, 0.25) is 5.91 Å². The summed E-state index contributed by atoms with van der Waals surface area (Å²) in [6, 6.07) is 0.0313. The van der Waals surface area contributed by atoms with Crippen LogP contribution < -0.4 is 17.2 Å². The SMILES string of the molecule is C=CCCC(=O)N(C)[C@H](Cc1cscn1)C(=O)OC1C(COP(=O)(O)O[C@H]2C[C@H](n3ccc(N)nc3=O)O[C@@H]2COP(=O)(O)O)OC(n2cnc3c(N)ncnc32)C1O. The van der Waals surface area contributed by atoms with Crippen LogP contribution in [0.4, 0.5) is 11.6 Å². The predicted molar refractivity (Wildman–Crippen MR) is 201 cm³/mol. The number of carbonyl (C=O) groups is 2. The molecule has 6 rings (SSSR count). The number of ether oxygens (including phenoxy) is 3. The molecule has 8 N–H and O–H groups in total. The topological polar surface area (TPSA) is 351 Å². The average molecular weight is 887 g/mol. The van der Waals surface area contributed by atoms with E-state index in [2.05, 4.69) is 36.0 Å². The Labute approximate surface area is 337 Å². The van der Waals surface area contributed by atoms with Crippen molar-refractivity contribution in [2.75, 3.05) is 31.7 Å². The van der Waals surface area contributed by atoms with Crippen LogP contribution in [0.2, 0.25) is 0 Å². The molecule has 25 nitrogen and oxygen atoms in total. The molecule has 2 fully saturated rings. The highest BCUT2D eigenvalue weighted by molar-refractivity contribution is 7.47. The van der Waals surface area contributed by atoms with Crippen molar-refractivity contribution in [3.05, 3.63) is 64.6 Å². The Morgan fingerprint density at radius 2 is 1.88 bits per heavy atom. The van der Waals surface area contributed by atoms with Crippen molar-refractivity contribution in [2.45, 2.75) is 74.7 Å². The standard InChI is InChI=1S/C31H40N10O15P2S/c1-3-4-5-22(42)39(2)17(8-16-12-59-15-37-16)30(44)55-26-20(54-29(25(26)43)41-14-36-24-27(33)34-13-35-28(24)41)11-52-58(49,50)56-18-9-23(40-7-6-21(32)38-31(40)45)53-19(18)10-51-57(46,47)48/h3,6-7,12-15,17-20,23,25-26,29,43H,1,4-5,8-11H2,2H3,(H,49,50)(H2,32,38,45)(H2,33,34,35)(H2,46,47,48)/t17-,18+,19-,20?,23-,25?,26?,29?/m1/s1. The molecule has 0 aromatic carbocycles. The van der Waals surface area contributed by atoms with Gasteiger partial charge in [-0.1, -0.05) is 6.08 Å². The third kappa shape index (κ3) is 10.6. The summed E-state index contributed by atoms with van der Waals surface area (Å²) in [5, 5.41) is 13.4. The average Bonchev–Trinajstić information content (AvgIpc) is 3.98. The number of rotatable bonds is 18. The monoisotopic (exact) mass is 886 g/mol. The van der Waals surface area contributed by atoms with E-state index >= 15 is 0 Å². The summed E-state index contributed by atoms with van der Waals surface area (Å²) in [6.45, 7) is 1.90. The van der Waals surface area contributed by atoms with E-state index in [1.807, 2.05) is 0 Å². The quantitative estimate of drug-likeness (QED) is 0.0428. The Hall–Kier alpha value is -4.56. The molecule has 2 saturated heterocycles. The van der Waals surface area contributed by atoms with Gasteiger partial charge in [-0.05, 0) is 12.5 Å². The number of amides is 1. The molecule has 1 amide bonds. The fourth-order valence-corrected chi connectivity index (χ4v) is 8.18. The maximum atomic E-state index is 14.0. The maximum absolute atomic E-state index is 14.0. The summed E-state index contributed by atoms with van der Waals surface area (Å²) in [7, 11) is -8.88. The minimum Gasteiger partial charge on any atom is -0.455 e. The fraction of sp³-hybridized carbons (Fsp3) is 0.484. The number of nitrogens with zero attached hydrogens (tertiary/aromatic N) is 8. The minimum atomic E-state index is -5.22. The second-order valence-corrected chi connectivity index (χ2v) is 16.5. The Balaban J connectivity index is 1.24. The molecule has 4 aromatic rings. The lowest BCUT2D eigenvalue weighted by Gasteiger charge is -2.29. The van der Waals surface area contributed by atoms with E-state index in [4.69, 9.17) is 34.7 Å². The van der Waals surface area contributed by atoms with E-state index in [0.717, 1.165) is 10.9 Å². The van der Waals surface area contributed by atoms with Crippen LogP contribution >= 0.6 is 27.0 Å². The number of hydrogen-bond donors (Lipinski definition) is 6. The Bertz CT molecular complexity index is 2290. The Morgan fingerprint density at radius 1 is 1.12 bits per heavy atom. The number of phosphoric ester groups is 2. The molecule has 0 spiro atoms. The lowest BCUT2D eigenvalue weighted by molar-refractivity contribution is -0.165. The number of imidazole rings is 1. The highest BCUT2D eigenvalue weighted by Gasteiger charge is 2.50. The smallest absolute Gasteiger partial charge is 0.455 e. The van der Waals surface area contributed by atoms with Crippen molar-refractivity contribution in [3.8, 4) is 0 Å². The van der Waals surface area contributed by atoms with Gasteiger partial charge in [-0.25, -0.2) is 38.7 Å². The first kappa shape index (κ1) is 44.0. The van der Waals surface area contributed by atoms with Crippen molar-refractivity contribution >= 4 is 61.7 Å². The molecule has 4 aromatic heterocycles. The second-order valence-electron chi connectivity index (χ2n) is 13.2. The van der Waals surface area contributed by atoms with Crippen LogP contribution in [0.25, 0.3) is 11.2 Å². The number of allylic oxidation sites excluding steroid dienone is 1. The number of nitrogens with two attached hydrogens (primary N) is 2. The zero-order chi connectivity index (χ0) is 42.6. The lowest BCUT2D eigenvalue weighted by Crippen LogP contribution is -2.48. The summed E-state index contributed by atoms with van der Waals surface area (Å²) >= 11 is 1.27. The molecular formula is C31H40N10O15P2S. The molecule has 0 saturated carbocycles. The van der Waals surface area contributed by atoms with Crippen LogP contribution in [0, 0.1) is 0 Å². The molecule has 6 heterocycles. The zero-order valence-electron chi connectivity index (χ0n) is 30.9. The third-order valence-electron chi connectivity index (χ3n) is 9.22. The zero-order valence-corrected chi connectivity index (χ0v) is 33.5. The molecule has 2 aliphatic heterocycles. The molecule has 0 radical (unpaired) electrons. The first-order valence-corrected chi connectivity index (χ1v) is 21.5. The first-order valence-electron chi connectivity index (χ1n) is 17.5. The second kappa shape index (κ2) is 18.4. The van der Waals surface area contributed by atoms with E-state index in [1.165, 1.54) is 46.4 Å². The van der Waals surface area contributed by atoms with Gasteiger partial charge in [0.1, 0.15) is 54.3 Å². The predicted octanol–water partition coefficient (Wildman–Crippen LogP) is -0.191. The number of carbonyl (C=O) groups excluding carboxylic acids is 2. The number of likely N-dealkylation sites (N-methyl/N-ethyl adjacent to an activating group) is 1. The summed E-state index contributed by atoms with van der Waals surface area (Å²) in [6.07, 6.45) is -5.28. The first-order chi connectivity index (χ1) is 27.9. The van der Waals surface area contributed by atoms with Crippen LogP contribution in [-0.4, -0.2) is 127 Å². The van der Waals surface area contributed by atoms with E-state index in [0.29, 0.717) is 12.1 Å². The number of anilines is 2. The summed E-state index contributed by atoms with van der Waals surface area (Å²) in [5.41, 5.74) is 12.9. The van der Waals surface area contributed by atoms with Crippen LogP contribution in [0.1, 0.15) is 37.4 Å². The Morgan fingerprint density at radius 3 is 2.58 bits per heavy atom. The van der Waals surface area contributed by atoms with Gasteiger partial charge < -0.3 is 50.4 Å². The van der Waals surface area contributed by atoms with Gasteiger partial charge in [-0.15, -0.1) is 17.9 Å². The van der Waals surface area contributed by atoms with Gasteiger partial charge in [-0.2, -0.15) is 4.98 Å². The van der Waals surface area contributed by atoms with Crippen LogP contribution in [0.3, 0.4) is 0 Å². The van der Waals surface area contributed by atoms with Gasteiger partial charge in [0.05, 0.1) is 30.7 Å². The lowest BCUT2D eigenvalue weighted by atomic mass is 10.1. The van der Waals surface area contributed by atoms with Crippen LogP contribution in [0.15, 0.2) is 53.3 Å². The van der Waals surface area contributed by atoms with Crippen molar-refractivity contribution < 1.29 is 66.3 Å². The third-order valence-corrected chi connectivity index (χ3v) is 11.4. The van der Waals surface area contributed by atoms with Gasteiger partial charge in [-0.3, -0.25) is 27.5 Å². The van der Waals surface area contributed by atoms with E-state index < -0.39 is 95.4 Å². The van der Waals surface area contributed by atoms with Gasteiger partial charge in [0, 0.05) is 37.9 Å². The van der Waals surface area contributed by atoms with E-state index in [-0.39, 0.29) is 42.1 Å². The molecule has 9 atom stereocenters.